The molecule has 3 aromatic rings. The summed E-state index contributed by atoms with van der Waals surface area (Å²) in [5.41, 5.74) is 0.905. The zero-order valence-corrected chi connectivity index (χ0v) is 14.7. The van der Waals surface area contributed by atoms with Crippen molar-refractivity contribution in [3.05, 3.63) is 60.2 Å². The van der Waals surface area contributed by atoms with Crippen LogP contribution in [0.2, 0.25) is 0 Å². The third kappa shape index (κ3) is 4.07. The van der Waals surface area contributed by atoms with E-state index in [0.717, 1.165) is 0 Å². The molecule has 0 aliphatic rings. The molecule has 0 fully saturated rings. The van der Waals surface area contributed by atoms with Gasteiger partial charge in [0.05, 0.1) is 24.5 Å². The maximum atomic E-state index is 13.9. The Hall–Kier alpha value is -2.77. The quantitative estimate of drug-likeness (QED) is 0.711. The minimum atomic E-state index is -0.561. The zero-order chi connectivity index (χ0) is 18.7. The molecular formula is C19H21FN4O2. The first kappa shape index (κ1) is 18.0. The van der Waals surface area contributed by atoms with E-state index in [1.807, 2.05) is 19.0 Å². The summed E-state index contributed by atoms with van der Waals surface area (Å²) in [4.78, 5) is 14.5. The summed E-state index contributed by atoms with van der Waals surface area (Å²) in [6.45, 7) is 0.844. The zero-order valence-electron chi connectivity index (χ0n) is 14.7. The molecule has 0 saturated heterocycles. The van der Waals surface area contributed by atoms with Crippen molar-refractivity contribution in [3.8, 4) is 0 Å². The van der Waals surface area contributed by atoms with Gasteiger partial charge in [-0.1, -0.05) is 24.3 Å². The van der Waals surface area contributed by atoms with Crippen molar-refractivity contribution >= 4 is 22.4 Å². The number of hydrogen-bond acceptors (Lipinski definition) is 4. The van der Waals surface area contributed by atoms with E-state index in [1.165, 1.54) is 18.3 Å². The first-order chi connectivity index (χ1) is 12.4. The summed E-state index contributed by atoms with van der Waals surface area (Å²) >= 11 is 0. The van der Waals surface area contributed by atoms with Crippen LogP contribution >= 0.6 is 0 Å². The summed E-state index contributed by atoms with van der Waals surface area (Å²) in [6.07, 6.45) is 2.61. The van der Waals surface area contributed by atoms with Gasteiger partial charge in [-0.15, -0.1) is 0 Å². The number of nitrogens with one attached hydrogen (secondary N) is 1. The molecule has 1 atom stereocenters. The van der Waals surface area contributed by atoms with Gasteiger partial charge < -0.3 is 15.3 Å². The Balaban J connectivity index is 1.74. The fourth-order valence-corrected chi connectivity index (χ4v) is 2.88. The number of rotatable bonds is 6. The van der Waals surface area contributed by atoms with E-state index in [9.17, 15) is 14.3 Å². The molecule has 0 saturated carbocycles. The Kier molecular flexibility index (Phi) is 5.29. The van der Waals surface area contributed by atoms with E-state index >= 15 is 0 Å². The molecule has 1 heterocycles. The molecule has 2 N–H and O–H groups in total. The van der Waals surface area contributed by atoms with Crippen LogP contribution in [0.15, 0.2) is 48.8 Å². The summed E-state index contributed by atoms with van der Waals surface area (Å²) in [7, 11) is 3.76. The van der Waals surface area contributed by atoms with Crippen LogP contribution in [0.5, 0.6) is 0 Å². The number of halogens is 1. The van der Waals surface area contributed by atoms with Crippen LogP contribution in [-0.4, -0.2) is 52.4 Å². The second-order valence-electron chi connectivity index (χ2n) is 6.46. The van der Waals surface area contributed by atoms with Crippen LogP contribution in [0, 0.1) is 5.82 Å². The third-order valence-corrected chi connectivity index (χ3v) is 3.98. The van der Waals surface area contributed by atoms with E-state index in [-0.39, 0.29) is 11.7 Å². The minimum absolute atomic E-state index is 0.327. The molecule has 1 amide bonds. The van der Waals surface area contributed by atoms with Gasteiger partial charge >= 0.3 is 0 Å². The number of benzene rings is 2. The molecular weight excluding hydrogens is 335 g/mol. The average Bonchev–Trinajstić information content (AvgIpc) is 3.01. The highest BCUT2D eigenvalue weighted by Crippen LogP contribution is 2.22. The van der Waals surface area contributed by atoms with Crippen LogP contribution in [0.4, 0.5) is 10.1 Å². The maximum absolute atomic E-state index is 13.9. The van der Waals surface area contributed by atoms with E-state index in [0.29, 0.717) is 35.1 Å². The number of aliphatic hydroxyl groups excluding tert-OH is 1. The summed E-state index contributed by atoms with van der Waals surface area (Å²) in [6, 6.07) is 9.62. The van der Waals surface area contributed by atoms with Crippen molar-refractivity contribution in [2.45, 2.75) is 12.6 Å². The number of amides is 1. The maximum Gasteiger partial charge on any atom is 0.256 e. The number of carbonyl (C=O) groups excluding carboxylic acids is 1. The summed E-state index contributed by atoms with van der Waals surface area (Å²) < 4.78 is 15.5. The van der Waals surface area contributed by atoms with E-state index in [4.69, 9.17) is 0 Å². The van der Waals surface area contributed by atoms with Crippen molar-refractivity contribution in [2.24, 2.45) is 0 Å². The molecule has 0 radical (unpaired) electrons. The number of aliphatic hydroxyl groups is 1. The lowest BCUT2D eigenvalue weighted by atomic mass is 10.0. The molecule has 0 aliphatic carbocycles. The highest BCUT2D eigenvalue weighted by Gasteiger charge is 2.14. The number of likely N-dealkylation sites (N-methyl/N-ethyl adjacent to an activating group) is 1. The smallest absolute Gasteiger partial charge is 0.256 e. The molecule has 6 nitrogen and oxygen atoms in total. The monoisotopic (exact) mass is 356 g/mol. The van der Waals surface area contributed by atoms with E-state index in [1.54, 1.807) is 35.1 Å². The molecule has 1 aromatic heterocycles. The van der Waals surface area contributed by atoms with Gasteiger partial charge in [-0.05, 0) is 31.6 Å². The lowest BCUT2D eigenvalue weighted by Gasteiger charge is -2.15. The fraction of sp³-hybridized carbons (Fsp3) is 0.263. The Bertz CT molecular complexity index is 923. The van der Waals surface area contributed by atoms with Gasteiger partial charge in [0.25, 0.3) is 5.91 Å². The second-order valence-corrected chi connectivity index (χ2v) is 6.46. The fourth-order valence-electron chi connectivity index (χ4n) is 2.88. The van der Waals surface area contributed by atoms with Gasteiger partial charge in [0.2, 0.25) is 0 Å². The lowest BCUT2D eigenvalue weighted by molar-refractivity contribution is 0.102. The number of carbonyl (C=O) groups is 1. The van der Waals surface area contributed by atoms with Crippen molar-refractivity contribution in [3.63, 3.8) is 0 Å². The highest BCUT2D eigenvalue weighted by atomic mass is 19.1. The number of fused-ring (bicyclic) bond motifs is 1. The number of anilines is 1. The lowest BCUT2D eigenvalue weighted by Crippen LogP contribution is -2.29. The predicted octanol–water partition coefficient (Wildman–Crippen LogP) is 2.35. The minimum Gasteiger partial charge on any atom is -0.390 e. The molecule has 0 spiro atoms. The van der Waals surface area contributed by atoms with Crippen LogP contribution < -0.4 is 5.32 Å². The molecule has 1 unspecified atom stereocenters. The van der Waals surface area contributed by atoms with Gasteiger partial charge in [0.1, 0.15) is 5.82 Å². The number of hydrogen-bond donors (Lipinski definition) is 2. The van der Waals surface area contributed by atoms with Crippen molar-refractivity contribution in [1.82, 2.24) is 14.7 Å². The van der Waals surface area contributed by atoms with Crippen LogP contribution in [-0.2, 0) is 6.54 Å². The molecule has 26 heavy (non-hydrogen) atoms. The first-order valence-corrected chi connectivity index (χ1v) is 8.28. The van der Waals surface area contributed by atoms with Crippen molar-refractivity contribution in [2.75, 3.05) is 26.0 Å². The van der Waals surface area contributed by atoms with Gasteiger partial charge in [-0.25, -0.2) is 4.39 Å². The highest BCUT2D eigenvalue weighted by molar-refractivity contribution is 6.12. The molecule has 0 aliphatic heterocycles. The summed E-state index contributed by atoms with van der Waals surface area (Å²) in [5.74, 6) is -0.700. The average molecular weight is 356 g/mol. The molecule has 7 heteroatoms. The Labute approximate surface area is 150 Å². The van der Waals surface area contributed by atoms with E-state index < -0.39 is 6.10 Å². The van der Waals surface area contributed by atoms with Crippen molar-refractivity contribution < 1.29 is 14.3 Å². The van der Waals surface area contributed by atoms with Gasteiger partial charge in [-0.3, -0.25) is 9.48 Å². The van der Waals surface area contributed by atoms with E-state index in [2.05, 4.69) is 10.4 Å². The standard InChI is InChI=1S/C19H21FN4O2/c1-23(2)11-14(25)12-24-10-13(9-21-24)22-19(26)17-7-8-18(20)16-6-4-3-5-15(16)17/h3-10,14,25H,11-12H2,1-2H3,(H,22,26). The topological polar surface area (TPSA) is 70.4 Å². The van der Waals surface area contributed by atoms with Crippen molar-refractivity contribution in [1.29, 1.82) is 0 Å². The normalized spacial score (nSPS) is 12.5. The molecule has 136 valence electrons. The first-order valence-electron chi connectivity index (χ1n) is 8.28. The van der Waals surface area contributed by atoms with Crippen LogP contribution in [0.25, 0.3) is 10.8 Å². The number of nitrogens with zero attached hydrogens (tertiary/aromatic N) is 3. The third-order valence-electron chi connectivity index (χ3n) is 3.98. The van der Waals surface area contributed by atoms with Crippen LogP contribution in [0.3, 0.4) is 0 Å². The Morgan fingerprint density at radius 2 is 2.00 bits per heavy atom. The van der Waals surface area contributed by atoms with Gasteiger partial charge in [0, 0.05) is 23.7 Å². The van der Waals surface area contributed by atoms with Gasteiger partial charge in [0.15, 0.2) is 0 Å². The molecule has 0 bridgehead atoms. The van der Waals surface area contributed by atoms with Crippen LogP contribution in [0.1, 0.15) is 10.4 Å². The summed E-state index contributed by atoms with van der Waals surface area (Å²) in [5, 5.41) is 17.8. The largest absolute Gasteiger partial charge is 0.390 e. The Morgan fingerprint density at radius 3 is 2.73 bits per heavy atom. The predicted molar refractivity (Wildman–Crippen MR) is 98.6 cm³/mol. The number of aromatic nitrogens is 2. The second kappa shape index (κ2) is 7.63. The molecule has 3 rings (SSSR count). The Morgan fingerprint density at radius 1 is 1.27 bits per heavy atom. The SMILES string of the molecule is CN(C)CC(O)Cn1cc(NC(=O)c2ccc(F)c3ccccc23)cn1. The van der Waals surface area contributed by atoms with Gasteiger partial charge in [-0.2, -0.15) is 5.10 Å². The molecule has 2 aromatic carbocycles.